The highest BCUT2D eigenvalue weighted by molar-refractivity contribution is 5.93. The Bertz CT molecular complexity index is 1420. The topological polar surface area (TPSA) is 197 Å². The number of phenolic OH excluding ortho intramolecular Hbond substituents is 1. The summed E-state index contributed by atoms with van der Waals surface area (Å²) in [6.45, 7) is 14.0. The average Bonchev–Trinajstić information content (AvgIpc) is 3.19. The number of fused-ring (bicyclic) bond motifs is 5. The third-order valence-corrected chi connectivity index (χ3v) is 12.3. The van der Waals surface area contributed by atoms with Crippen molar-refractivity contribution in [2.24, 2.45) is 22.7 Å². The highest BCUT2D eigenvalue weighted by atomic mass is 16.7. The molecule has 11 heteroatoms. The summed E-state index contributed by atoms with van der Waals surface area (Å²) in [6, 6.07) is 1.57. The van der Waals surface area contributed by atoms with Gasteiger partial charge in [-0.3, -0.25) is 4.79 Å². The second-order valence-electron chi connectivity index (χ2n) is 15.0. The van der Waals surface area contributed by atoms with Gasteiger partial charge in [0, 0.05) is 12.3 Å². The number of aromatic hydroxyl groups is 1. The number of benzene rings is 1. The first-order valence-corrected chi connectivity index (χ1v) is 16.1. The second kappa shape index (κ2) is 11.7. The summed E-state index contributed by atoms with van der Waals surface area (Å²) in [4.78, 5) is 14.6. The van der Waals surface area contributed by atoms with Crippen molar-refractivity contribution < 1.29 is 55.1 Å². The van der Waals surface area contributed by atoms with Crippen LogP contribution in [0.4, 0.5) is 0 Å². The molecule has 1 aliphatic heterocycles. The van der Waals surface area contributed by atoms with Crippen LogP contribution in [0.15, 0.2) is 30.4 Å². The fourth-order valence-corrected chi connectivity index (χ4v) is 9.65. The second-order valence-corrected chi connectivity index (χ2v) is 15.0. The molecule has 1 aromatic carbocycles. The molecule has 8 N–H and O–H groups in total. The number of Topliss-reactive ketones (excluding diaryl/α,β-unsaturated/α-hetero) is 1. The number of carbonyl (C=O) groups excluding carboxylic acids is 1. The molecule has 1 saturated heterocycles. The minimum absolute atomic E-state index is 0.0214. The third-order valence-electron chi connectivity index (χ3n) is 12.3. The Hall–Kier alpha value is -2.35. The van der Waals surface area contributed by atoms with Crippen LogP contribution in [0.3, 0.4) is 0 Å². The SMILES string of the molecule is C=C(C)C=C[C@H](O)[C@](C)(O)[C@H]1[C@H](O)C[C@@]2(C)[C@@H]3CCc4c(cc(O[C@@H]5O[C@H](CO)[C@@H](O)[C@H](O)[C@H]5O)c(O)c4C)[C@]3(C)C(=O)C[C@]12C. The van der Waals surface area contributed by atoms with Crippen molar-refractivity contribution in [1.29, 1.82) is 0 Å². The van der Waals surface area contributed by atoms with Crippen molar-refractivity contribution >= 4 is 5.78 Å². The minimum atomic E-state index is -1.76. The smallest absolute Gasteiger partial charge is 0.229 e. The predicted molar refractivity (Wildman–Crippen MR) is 167 cm³/mol. The van der Waals surface area contributed by atoms with E-state index in [1.165, 1.54) is 13.0 Å². The summed E-state index contributed by atoms with van der Waals surface area (Å²) in [6.07, 6.45) is -5.51. The van der Waals surface area contributed by atoms with Gasteiger partial charge in [-0.15, -0.1) is 0 Å². The van der Waals surface area contributed by atoms with E-state index in [1.54, 1.807) is 26.0 Å². The Kier molecular flexibility index (Phi) is 8.87. The van der Waals surface area contributed by atoms with E-state index >= 15 is 0 Å². The molecule has 3 fully saturated rings. The van der Waals surface area contributed by atoms with Crippen LogP contribution in [0.5, 0.6) is 11.5 Å². The molecule has 13 atom stereocenters. The van der Waals surface area contributed by atoms with Gasteiger partial charge in [-0.05, 0) is 86.5 Å². The van der Waals surface area contributed by atoms with Crippen molar-refractivity contribution in [3.05, 3.63) is 47.1 Å². The molecule has 0 unspecified atom stereocenters. The van der Waals surface area contributed by atoms with Crippen LogP contribution in [0, 0.1) is 29.6 Å². The minimum Gasteiger partial charge on any atom is -0.504 e. The van der Waals surface area contributed by atoms with E-state index in [2.05, 4.69) is 13.5 Å². The van der Waals surface area contributed by atoms with Crippen LogP contribution in [-0.2, 0) is 21.4 Å². The zero-order chi connectivity index (χ0) is 34.3. The van der Waals surface area contributed by atoms with Crippen LogP contribution in [0.1, 0.15) is 70.6 Å². The van der Waals surface area contributed by atoms with Gasteiger partial charge < -0.3 is 50.3 Å². The largest absolute Gasteiger partial charge is 0.504 e. The maximum absolute atomic E-state index is 14.6. The molecule has 0 spiro atoms. The molecule has 46 heavy (non-hydrogen) atoms. The molecule has 1 aromatic rings. The van der Waals surface area contributed by atoms with Crippen molar-refractivity contribution in [2.75, 3.05) is 6.61 Å². The molecule has 0 amide bonds. The van der Waals surface area contributed by atoms with E-state index < -0.39 is 77.3 Å². The normalized spacial score (nSPS) is 42.6. The van der Waals surface area contributed by atoms with Gasteiger partial charge in [0.25, 0.3) is 0 Å². The van der Waals surface area contributed by atoms with Crippen LogP contribution < -0.4 is 4.74 Å². The van der Waals surface area contributed by atoms with Crippen LogP contribution in [0.2, 0.25) is 0 Å². The zero-order valence-corrected chi connectivity index (χ0v) is 27.5. The molecule has 0 aromatic heterocycles. The number of rotatable bonds is 7. The standard InChI is InChI=1S/C35H50O11/c1-16(2)8-11-24(38)35(7,44)30-20(37)13-32(4)23-10-9-18-17(3)26(40)21(12-19(18)34(23,6)25(39)14-33(30,32)5)45-31-29(43)28(42)27(41)22(15-36)46-31/h8,11-12,20,22-24,27-31,36-38,40-44H,1,9-10,13-15H2,2-7H3/t20-,22-,23+,24+,27-,28+,29-,30+,31-,32+,33-,34+,35+/m1/s1. The third kappa shape index (κ3) is 4.89. The van der Waals surface area contributed by atoms with E-state index in [0.717, 1.165) is 5.56 Å². The van der Waals surface area contributed by atoms with Gasteiger partial charge >= 0.3 is 0 Å². The molecule has 256 valence electrons. The lowest BCUT2D eigenvalue weighted by atomic mass is 9.41. The molecule has 4 aliphatic rings. The number of carbonyl (C=O) groups is 1. The Morgan fingerprint density at radius 2 is 1.83 bits per heavy atom. The lowest BCUT2D eigenvalue weighted by Crippen LogP contribution is -2.64. The lowest BCUT2D eigenvalue weighted by Gasteiger charge is -2.62. The van der Waals surface area contributed by atoms with Crippen molar-refractivity contribution in [2.45, 2.75) is 121 Å². The number of hydrogen-bond acceptors (Lipinski definition) is 11. The first-order chi connectivity index (χ1) is 21.3. The number of aliphatic hydroxyl groups is 7. The average molecular weight is 647 g/mol. The fourth-order valence-electron chi connectivity index (χ4n) is 9.65. The van der Waals surface area contributed by atoms with Crippen molar-refractivity contribution in [3.63, 3.8) is 0 Å². The van der Waals surface area contributed by atoms with Gasteiger partial charge in [-0.2, -0.15) is 0 Å². The Labute approximate surface area is 269 Å². The summed E-state index contributed by atoms with van der Waals surface area (Å²) in [5.74, 6) is -1.53. The number of phenols is 1. The fraction of sp³-hybridized carbons (Fsp3) is 0.686. The summed E-state index contributed by atoms with van der Waals surface area (Å²) in [5, 5.41) is 86.4. The van der Waals surface area contributed by atoms with E-state index in [1.807, 2.05) is 13.8 Å². The van der Waals surface area contributed by atoms with E-state index in [0.29, 0.717) is 36.0 Å². The van der Waals surface area contributed by atoms with Gasteiger partial charge in [0.05, 0.1) is 23.7 Å². The number of allylic oxidation sites excluding steroid dienone is 2. The molecule has 0 radical (unpaired) electrons. The van der Waals surface area contributed by atoms with Crippen LogP contribution in [-0.4, -0.2) is 102 Å². The lowest BCUT2D eigenvalue weighted by molar-refractivity contribution is -0.277. The molecular weight excluding hydrogens is 596 g/mol. The molecule has 5 rings (SSSR count). The zero-order valence-electron chi connectivity index (χ0n) is 27.5. The van der Waals surface area contributed by atoms with Gasteiger partial charge in [0.15, 0.2) is 11.5 Å². The van der Waals surface area contributed by atoms with Gasteiger partial charge in [-0.1, -0.05) is 38.2 Å². The Morgan fingerprint density at radius 3 is 2.43 bits per heavy atom. The van der Waals surface area contributed by atoms with E-state index in [9.17, 15) is 45.6 Å². The highest BCUT2D eigenvalue weighted by Crippen LogP contribution is 2.72. The van der Waals surface area contributed by atoms with Crippen LogP contribution in [0.25, 0.3) is 0 Å². The first kappa shape index (κ1) is 35.0. The summed E-state index contributed by atoms with van der Waals surface area (Å²) < 4.78 is 11.4. The van der Waals surface area contributed by atoms with E-state index in [-0.39, 0.29) is 29.6 Å². The predicted octanol–water partition coefficient (Wildman–Crippen LogP) is 1.31. The molecule has 3 aliphatic carbocycles. The number of ketones is 1. The molecular formula is C35H50O11. The van der Waals surface area contributed by atoms with Crippen LogP contribution >= 0.6 is 0 Å². The quantitative estimate of drug-likeness (QED) is 0.199. The molecule has 1 heterocycles. The Morgan fingerprint density at radius 1 is 1.17 bits per heavy atom. The summed E-state index contributed by atoms with van der Waals surface area (Å²) in [7, 11) is 0. The molecule has 11 nitrogen and oxygen atoms in total. The maximum atomic E-state index is 14.6. The number of aliphatic hydroxyl groups excluding tert-OH is 6. The summed E-state index contributed by atoms with van der Waals surface area (Å²) >= 11 is 0. The summed E-state index contributed by atoms with van der Waals surface area (Å²) in [5.41, 5.74) is -1.75. The van der Waals surface area contributed by atoms with Gasteiger partial charge in [0.2, 0.25) is 6.29 Å². The maximum Gasteiger partial charge on any atom is 0.229 e. The highest BCUT2D eigenvalue weighted by Gasteiger charge is 2.73. The van der Waals surface area contributed by atoms with E-state index in [4.69, 9.17) is 9.47 Å². The number of hydrogen-bond donors (Lipinski definition) is 8. The van der Waals surface area contributed by atoms with Gasteiger partial charge in [-0.25, -0.2) is 0 Å². The first-order valence-electron chi connectivity index (χ1n) is 16.1. The Balaban J connectivity index is 1.55. The monoisotopic (exact) mass is 646 g/mol. The van der Waals surface area contributed by atoms with Crippen molar-refractivity contribution in [1.82, 2.24) is 0 Å². The van der Waals surface area contributed by atoms with Crippen molar-refractivity contribution in [3.8, 4) is 11.5 Å². The van der Waals surface area contributed by atoms with Gasteiger partial charge in [0.1, 0.15) is 36.3 Å². The number of ether oxygens (including phenoxy) is 2. The molecule has 2 saturated carbocycles. The molecule has 0 bridgehead atoms.